The molecule has 0 spiro atoms. The average molecular weight is 280 g/mol. The van der Waals surface area contributed by atoms with Gasteiger partial charge in [-0.15, -0.1) is 0 Å². The fraction of sp³-hybridized carbons (Fsp3) is 0.615. The van der Waals surface area contributed by atoms with E-state index in [1.165, 1.54) is 6.20 Å². The van der Waals surface area contributed by atoms with Crippen molar-refractivity contribution >= 4 is 6.09 Å². The van der Waals surface area contributed by atoms with Gasteiger partial charge in [-0.05, 0) is 20.8 Å². The molecular weight excluding hydrogens is 260 g/mol. The first-order chi connectivity index (χ1) is 9.35. The zero-order chi connectivity index (χ0) is 14.8. The number of hydrogen-bond donors (Lipinski definition) is 2. The number of nitrogens with zero attached hydrogens (tertiary/aromatic N) is 2. The van der Waals surface area contributed by atoms with Gasteiger partial charge in [0.05, 0.1) is 17.9 Å². The number of nitrogens with one attached hydrogen (secondary N) is 2. The van der Waals surface area contributed by atoms with Crippen molar-refractivity contribution in [3.63, 3.8) is 0 Å². The van der Waals surface area contributed by atoms with E-state index < -0.39 is 5.60 Å². The number of hydrogen-bond acceptors (Lipinski definition) is 5. The van der Waals surface area contributed by atoms with Gasteiger partial charge in [0.1, 0.15) is 5.60 Å². The maximum Gasteiger partial charge on any atom is 0.410 e. The lowest BCUT2D eigenvalue weighted by molar-refractivity contribution is 0.0193. The minimum atomic E-state index is -0.506. The second kappa shape index (κ2) is 5.62. The summed E-state index contributed by atoms with van der Waals surface area (Å²) in [4.78, 5) is 31.4. The predicted octanol–water partition coefficient (Wildman–Crippen LogP) is 0.651. The summed E-state index contributed by atoms with van der Waals surface area (Å²) in [6, 6.07) is -0.104. The van der Waals surface area contributed by atoms with Crippen LogP contribution in [0.4, 0.5) is 4.79 Å². The fourth-order valence-electron chi connectivity index (χ4n) is 1.98. The highest BCUT2D eigenvalue weighted by atomic mass is 16.6. The number of aromatic nitrogens is 2. The van der Waals surface area contributed by atoms with Crippen LogP contribution in [-0.2, 0) is 4.74 Å². The number of aromatic amines is 1. The Labute approximate surface area is 117 Å². The maximum atomic E-state index is 12.0. The molecule has 1 aromatic heterocycles. The molecule has 0 aliphatic carbocycles. The molecule has 0 aromatic carbocycles. The van der Waals surface area contributed by atoms with Crippen LogP contribution in [0.25, 0.3) is 0 Å². The summed E-state index contributed by atoms with van der Waals surface area (Å²) >= 11 is 0. The van der Waals surface area contributed by atoms with E-state index in [0.29, 0.717) is 25.3 Å². The van der Waals surface area contributed by atoms with Crippen LogP contribution >= 0.6 is 0 Å². The predicted molar refractivity (Wildman–Crippen MR) is 73.4 cm³/mol. The summed E-state index contributed by atoms with van der Waals surface area (Å²) in [5, 5.41) is 3.27. The van der Waals surface area contributed by atoms with Gasteiger partial charge in [0, 0.05) is 25.8 Å². The van der Waals surface area contributed by atoms with Crippen LogP contribution in [0.3, 0.4) is 0 Å². The number of carbonyl (C=O) groups excluding carboxylic acids is 1. The van der Waals surface area contributed by atoms with Gasteiger partial charge in [-0.25, -0.2) is 4.79 Å². The first kappa shape index (κ1) is 14.5. The van der Waals surface area contributed by atoms with Crippen molar-refractivity contribution in [2.24, 2.45) is 0 Å². The molecule has 110 valence electrons. The maximum absolute atomic E-state index is 12.0. The molecule has 1 fully saturated rings. The standard InChI is InChI=1S/C13H20N4O3/c1-13(2,3)20-12(19)17-5-4-14-10(8-17)9-6-16-11(18)7-15-9/h6-7,10,14H,4-5,8H2,1-3H3,(H,16,18). The summed E-state index contributed by atoms with van der Waals surface area (Å²) < 4.78 is 5.36. The van der Waals surface area contributed by atoms with Crippen LogP contribution in [0, 0.1) is 0 Å². The van der Waals surface area contributed by atoms with Crippen molar-refractivity contribution < 1.29 is 9.53 Å². The van der Waals surface area contributed by atoms with Crippen molar-refractivity contribution in [1.82, 2.24) is 20.2 Å². The number of carbonyl (C=O) groups is 1. The number of amides is 1. The van der Waals surface area contributed by atoms with Gasteiger partial charge in [0.15, 0.2) is 0 Å². The third kappa shape index (κ3) is 3.80. The van der Waals surface area contributed by atoms with Crippen molar-refractivity contribution in [2.75, 3.05) is 19.6 Å². The van der Waals surface area contributed by atoms with E-state index in [2.05, 4.69) is 15.3 Å². The van der Waals surface area contributed by atoms with Crippen molar-refractivity contribution in [3.05, 3.63) is 28.4 Å². The molecule has 0 saturated carbocycles. The Morgan fingerprint density at radius 1 is 1.50 bits per heavy atom. The summed E-state index contributed by atoms with van der Waals surface area (Å²) in [5.74, 6) is 0. The van der Waals surface area contributed by atoms with Crippen LogP contribution < -0.4 is 10.9 Å². The monoisotopic (exact) mass is 280 g/mol. The normalized spacial score (nSPS) is 19.8. The summed E-state index contributed by atoms with van der Waals surface area (Å²) in [5.41, 5.74) is -0.0420. The van der Waals surface area contributed by atoms with Gasteiger partial charge in [0.2, 0.25) is 0 Å². The molecule has 2 rings (SSSR count). The molecule has 2 N–H and O–H groups in total. The Hall–Kier alpha value is -1.89. The number of rotatable bonds is 1. The third-order valence-corrected chi connectivity index (χ3v) is 2.88. The van der Waals surface area contributed by atoms with E-state index in [1.54, 1.807) is 11.1 Å². The molecule has 0 bridgehead atoms. The SMILES string of the molecule is CC(C)(C)OC(=O)N1CCNC(c2c[nH]c(=O)cn2)C1. The molecule has 20 heavy (non-hydrogen) atoms. The minimum Gasteiger partial charge on any atom is -0.444 e. The van der Waals surface area contributed by atoms with E-state index in [4.69, 9.17) is 4.74 Å². The molecular formula is C13H20N4O3. The summed E-state index contributed by atoms with van der Waals surface area (Å²) in [6.45, 7) is 7.24. The Bertz CT molecular complexity index is 515. The van der Waals surface area contributed by atoms with E-state index in [9.17, 15) is 9.59 Å². The van der Waals surface area contributed by atoms with Crippen molar-refractivity contribution in [3.8, 4) is 0 Å². The molecule has 1 atom stereocenters. The Kier molecular flexibility index (Phi) is 4.08. The van der Waals surface area contributed by atoms with E-state index in [1.807, 2.05) is 20.8 Å². The van der Waals surface area contributed by atoms with E-state index in [0.717, 1.165) is 0 Å². The Balaban J connectivity index is 2.03. The zero-order valence-corrected chi connectivity index (χ0v) is 12.0. The largest absolute Gasteiger partial charge is 0.444 e. The van der Waals surface area contributed by atoms with E-state index in [-0.39, 0.29) is 17.7 Å². The highest BCUT2D eigenvalue weighted by molar-refractivity contribution is 5.68. The molecule has 1 amide bonds. The third-order valence-electron chi connectivity index (χ3n) is 2.88. The molecule has 2 heterocycles. The zero-order valence-electron chi connectivity index (χ0n) is 12.0. The molecule has 1 saturated heterocycles. The molecule has 7 nitrogen and oxygen atoms in total. The molecule has 1 unspecified atom stereocenters. The molecule has 1 aliphatic rings. The second-order valence-electron chi connectivity index (χ2n) is 5.77. The van der Waals surface area contributed by atoms with E-state index >= 15 is 0 Å². The lowest BCUT2D eigenvalue weighted by Crippen LogP contribution is -2.50. The number of piperazine rings is 1. The van der Waals surface area contributed by atoms with Crippen molar-refractivity contribution in [2.45, 2.75) is 32.4 Å². The average Bonchev–Trinajstić information content (AvgIpc) is 2.38. The van der Waals surface area contributed by atoms with Gasteiger partial charge >= 0.3 is 6.09 Å². The second-order valence-corrected chi connectivity index (χ2v) is 5.77. The number of H-pyrrole nitrogens is 1. The topological polar surface area (TPSA) is 87.3 Å². The van der Waals surface area contributed by atoms with Crippen LogP contribution in [0.1, 0.15) is 32.5 Å². The molecule has 7 heteroatoms. The Morgan fingerprint density at radius 3 is 2.85 bits per heavy atom. The summed E-state index contributed by atoms with van der Waals surface area (Å²) in [6.07, 6.45) is 2.48. The van der Waals surface area contributed by atoms with Crippen LogP contribution in [0.15, 0.2) is 17.2 Å². The van der Waals surface area contributed by atoms with Gasteiger partial charge < -0.3 is 19.9 Å². The lowest BCUT2D eigenvalue weighted by Gasteiger charge is -2.34. The minimum absolute atomic E-state index is 0.104. The Morgan fingerprint density at radius 2 is 2.25 bits per heavy atom. The van der Waals surface area contributed by atoms with Crippen LogP contribution in [0.5, 0.6) is 0 Å². The molecule has 1 aliphatic heterocycles. The molecule has 1 aromatic rings. The lowest BCUT2D eigenvalue weighted by atomic mass is 10.1. The quantitative estimate of drug-likeness (QED) is 0.788. The molecule has 0 radical (unpaired) electrons. The van der Waals surface area contributed by atoms with Gasteiger partial charge in [-0.2, -0.15) is 0 Å². The van der Waals surface area contributed by atoms with Crippen LogP contribution in [-0.4, -0.2) is 46.2 Å². The fourth-order valence-corrected chi connectivity index (χ4v) is 1.98. The van der Waals surface area contributed by atoms with Gasteiger partial charge in [-0.3, -0.25) is 9.78 Å². The first-order valence-electron chi connectivity index (χ1n) is 6.61. The number of ether oxygens (including phenoxy) is 1. The van der Waals surface area contributed by atoms with Crippen LogP contribution in [0.2, 0.25) is 0 Å². The van der Waals surface area contributed by atoms with Gasteiger partial charge in [0.25, 0.3) is 5.56 Å². The van der Waals surface area contributed by atoms with Gasteiger partial charge in [-0.1, -0.05) is 0 Å². The smallest absolute Gasteiger partial charge is 0.410 e. The van der Waals surface area contributed by atoms with Crippen molar-refractivity contribution in [1.29, 1.82) is 0 Å². The first-order valence-corrected chi connectivity index (χ1v) is 6.61. The highest BCUT2D eigenvalue weighted by Crippen LogP contribution is 2.16. The highest BCUT2D eigenvalue weighted by Gasteiger charge is 2.28. The summed E-state index contributed by atoms with van der Waals surface area (Å²) in [7, 11) is 0.